The average molecular weight is 493 g/mol. The minimum absolute atomic E-state index is 0.0494. The maximum absolute atomic E-state index is 12.7. The van der Waals surface area contributed by atoms with Gasteiger partial charge in [0, 0.05) is 15.6 Å². The van der Waals surface area contributed by atoms with Gasteiger partial charge in [-0.2, -0.15) is 0 Å². The minimum Gasteiger partial charge on any atom is -0.494 e. The maximum Gasteiger partial charge on any atom is 0.265 e. The van der Waals surface area contributed by atoms with E-state index in [2.05, 4.69) is 30.8 Å². The molecule has 26 heavy (non-hydrogen) atoms. The summed E-state index contributed by atoms with van der Waals surface area (Å²) in [5, 5.41) is 8.02. The SMILES string of the molecule is COc1c(Br)cc(Cl)cc1S(=O)(=O)Nc1ccc(Sc2nncs2)cc1. The van der Waals surface area contributed by atoms with Crippen molar-refractivity contribution in [1.82, 2.24) is 10.2 Å². The van der Waals surface area contributed by atoms with Gasteiger partial charge in [0.2, 0.25) is 0 Å². The third kappa shape index (κ3) is 4.49. The first kappa shape index (κ1) is 19.4. The number of nitrogens with zero attached hydrogens (tertiary/aromatic N) is 2. The van der Waals surface area contributed by atoms with E-state index in [4.69, 9.17) is 16.3 Å². The monoisotopic (exact) mass is 491 g/mol. The Balaban J connectivity index is 1.84. The molecule has 0 aliphatic carbocycles. The number of hydrogen-bond donors (Lipinski definition) is 1. The highest BCUT2D eigenvalue weighted by molar-refractivity contribution is 9.10. The van der Waals surface area contributed by atoms with Gasteiger partial charge in [0.25, 0.3) is 10.0 Å². The van der Waals surface area contributed by atoms with Crippen LogP contribution < -0.4 is 9.46 Å². The highest BCUT2D eigenvalue weighted by Gasteiger charge is 2.22. The zero-order valence-electron chi connectivity index (χ0n) is 13.1. The van der Waals surface area contributed by atoms with Gasteiger partial charge < -0.3 is 4.74 Å². The van der Waals surface area contributed by atoms with E-state index in [0.717, 1.165) is 9.24 Å². The number of aromatic nitrogens is 2. The lowest BCUT2D eigenvalue weighted by Gasteiger charge is -2.13. The van der Waals surface area contributed by atoms with E-state index in [9.17, 15) is 8.42 Å². The number of nitrogens with one attached hydrogen (secondary N) is 1. The highest BCUT2D eigenvalue weighted by Crippen LogP contribution is 2.36. The molecular weight excluding hydrogens is 482 g/mol. The van der Waals surface area contributed by atoms with Crippen molar-refractivity contribution in [2.24, 2.45) is 0 Å². The minimum atomic E-state index is -3.88. The van der Waals surface area contributed by atoms with E-state index in [1.54, 1.807) is 35.8 Å². The summed E-state index contributed by atoms with van der Waals surface area (Å²) < 4.78 is 34.5. The molecule has 0 spiro atoms. The summed E-state index contributed by atoms with van der Waals surface area (Å²) in [6.07, 6.45) is 0. The molecule has 136 valence electrons. The zero-order chi connectivity index (χ0) is 18.7. The van der Waals surface area contributed by atoms with Crippen molar-refractivity contribution in [2.45, 2.75) is 14.1 Å². The van der Waals surface area contributed by atoms with Gasteiger partial charge in [0.1, 0.15) is 10.4 Å². The standard InChI is InChI=1S/C15H11BrClN3O3S3/c1-23-14-12(16)6-9(17)7-13(14)26(21,22)20-10-2-4-11(5-3-10)25-15-19-18-8-24-15/h2-8,20H,1H3. The van der Waals surface area contributed by atoms with Crippen molar-refractivity contribution >= 4 is 66.3 Å². The number of rotatable bonds is 6. The normalized spacial score (nSPS) is 11.3. The molecule has 0 atom stereocenters. The third-order valence-corrected chi connectivity index (χ3v) is 7.10. The number of halogens is 2. The molecular formula is C15H11BrClN3O3S3. The Bertz CT molecular complexity index is 1010. The van der Waals surface area contributed by atoms with Crippen molar-refractivity contribution in [1.29, 1.82) is 0 Å². The summed E-state index contributed by atoms with van der Waals surface area (Å²) >= 11 is 12.1. The molecule has 0 unspecified atom stereocenters. The van der Waals surface area contributed by atoms with Crippen LogP contribution in [0.25, 0.3) is 0 Å². The summed E-state index contributed by atoms with van der Waals surface area (Å²) in [6, 6.07) is 9.86. The predicted molar refractivity (Wildman–Crippen MR) is 107 cm³/mol. The van der Waals surface area contributed by atoms with Gasteiger partial charge in [-0.15, -0.1) is 10.2 Å². The van der Waals surface area contributed by atoms with Crippen LogP contribution in [0.1, 0.15) is 0 Å². The smallest absolute Gasteiger partial charge is 0.265 e. The van der Waals surface area contributed by atoms with Gasteiger partial charge in [0.05, 0.1) is 11.6 Å². The Labute approximate surface area is 172 Å². The second kappa shape index (κ2) is 8.13. The van der Waals surface area contributed by atoms with Crippen LogP contribution in [0.4, 0.5) is 5.69 Å². The Hall–Kier alpha value is -1.33. The lowest BCUT2D eigenvalue weighted by atomic mass is 10.3. The fourth-order valence-corrected chi connectivity index (χ4v) is 5.94. The lowest BCUT2D eigenvalue weighted by Crippen LogP contribution is -2.14. The van der Waals surface area contributed by atoms with Gasteiger partial charge in [-0.05, 0) is 52.3 Å². The molecule has 0 radical (unpaired) electrons. The number of ether oxygens (including phenoxy) is 1. The fourth-order valence-electron chi connectivity index (χ4n) is 2.04. The van der Waals surface area contributed by atoms with Crippen LogP contribution in [-0.2, 0) is 10.0 Å². The maximum atomic E-state index is 12.7. The van der Waals surface area contributed by atoms with Crippen molar-refractivity contribution < 1.29 is 13.2 Å². The Morgan fingerprint density at radius 3 is 2.62 bits per heavy atom. The van der Waals surface area contributed by atoms with E-state index >= 15 is 0 Å². The molecule has 0 aliphatic heterocycles. The van der Waals surface area contributed by atoms with Crippen LogP contribution >= 0.6 is 50.6 Å². The van der Waals surface area contributed by atoms with Crippen LogP contribution in [0, 0.1) is 0 Å². The summed E-state index contributed by atoms with van der Waals surface area (Å²) in [5.41, 5.74) is 2.08. The van der Waals surface area contributed by atoms with Crippen LogP contribution in [0.15, 0.2) is 60.5 Å². The van der Waals surface area contributed by atoms with Gasteiger partial charge in [0.15, 0.2) is 10.1 Å². The van der Waals surface area contributed by atoms with E-state index in [1.807, 2.05) is 0 Å². The van der Waals surface area contributed by atoms with Crippen molar-refractivity contribution in [3.8, 4) is 5.75 Å². The molecule has 6 nitrogen and oxygen atoms in total. The number of benzene rings is 2. The summed E-state index contributed by atoms with van der Waals surface area (Å²) in [7, 11) is -2.49. The molecule has 11 heteroatoms. The summed E-state index contributed by atoms with van der Waals surface area (Å²) in [5.74, 6) is 0.186. The second-order valence-electron chi connectivity index (χ2n) is 4.86. The predicted octanol–water partition coefficient (Wildman–Crippen LogP) is 4.91. The lowest BCUT2D eigenvalue weighted by molar-refractivity contribution is 0.400. The molecule has 0 saturated carbocycles. The highest BCUT2D eigenvalue weighted by atomic mass is 79.9. The quantitative estimate of drug-likeness (QED) is 0.526. The van der Waals surface area contributed by atoms with Crippen LogP contribution in [0.3, 0.4) is 0 Å². The molecule has 1 heterocycles. The third-order valence-electron chi connectivity index (χ3n) is 3.12. The van der Waals surface area contributed by atoms with Gasteiger partial charge in [-0.25, -0.2) is 8.42 Å². The molecule has 0 fully saturated rings. The molecule has 0 saturated heterocycles. The zero-order valence-corrected chi connectivity index (χ0v) is 17.9. The molecule has 0 amide bonds. The summed E-state index contributed by atoms with van der Waals surface area (Å²) in [4.78, 5) is 0.875. The number of sulfonamides is 1. The van der Waals surface area contributed by atoms with Crippen LogP contribution in [0.5, 0.6) is 5.75 Å². The van der Waals surface area contributed by atoms with E-state index in [1.165, 1.54) is 36.3 Å². The van der Waals surface area contributed by atoms with Gasteiger partial charge >= 0.3 is 0 Å². The molecule has 1 N–H and O–H groups in total. The number of methoxy groups -OCH3 is 1. The first-order valence-corrected chi connectivity index (χ1v) is 11.3. The molecule has 1 aromatic heterocycles. The topological polar surface area (TPSA) is 81.2 Å². The Kier molecular flexibility index (Phi) is 6.08. The Morgan fingerprint density at radius 2 is 2.00 bits per heavy atom. The number of hydrogen-bond acceptors (Lipinski definition) is 7. The van der Waals surface area contributed by atoms with Crippen molar-refractivity contribution in [2.75, 3.05) is 11.8 Å². The first-order valence-electron chi connectivity index (χ1n) is 6.99. The number of anilines is 1. The molecule has 3 rings (SSSR count). The molecule has 0 bridgehead atoms. The van der Waals surface area contributed by atoms with Crippen LogP contribution in [-0.4, -0.2) is 25.7 Å². The molecule has 0 aliphatic rings. The van der Waals surface area contributed by atoms with E-state index in [-0.39, 0.29) is 15.7 Å². The van der Waals surface area contributed by atoms with E-state index < -0.39 is 10.0 Å². The largest absolute Gasteiger partial charge is 0.494 e. The second-order valence-corrected chi connectivity index (χ2v) is 9.95. The van der Waals surface area contributed by atoms with Gasteiger partial charge in [-0.3, -0.25) is 4.72 Å². The van der Waals surface area contributed by atoms with Crippen LogP contribution in [0.2, 0.25) is 5.02 Å². The fraction of sp³-hybridized carbons (Fsp3) is 0.0667. The van der Waals surface area contributed by atoms with Gasteiger partial charge in [-0.1, -0.05) is 34.7 Å². The van der Waals surface area contributed by atoms with Crippen molar-refractivity contribution in [3.05, 3.63) is 51.4 Å². The summed E-state index contributed by atoms with van der Waals surface area (Å²) in [6.45, 7) is 0. The first-order chi connectivity index (χ1) is 12.4. The molecule has 3 aromatic rings. The van der Waals surface area contributed by atoms with Crippen molar-refractivity contribution in [3.63, 3.8) is 0 Å². The molecule has 2 aromatic carbocycles. The van der Waals surface area contributed by atoms with E-state index in [0.29, 0.717) is 10.2 Å². The average Bonchev–Trinajstić information content (AvgIpc) is 3.09. The Morgan fingerprint density at radius 1 is 1.27 bits per heavy atom.